The molecule has 5 nitrogen and oxygen atoms in total. The fourth-order valence-electron chi connectivity index (χ4n) is 9.10. The van der Waals surface area contributed by atoms with Crippen LogP contribution in [-0.4, -0.2) is 14.1 Å². The number of rotatable bonds is 10. The van der Waals surface area contributed by atoms with E-state index in [1.807, 2.05) is 47.0 Å². The molecule has 10 aromatic carbocycles. The van der Waals surface area contributed by atoms with Crippen molar-refractivity contribution in [2.45, 2.75) is 26.2 Å². The van der Waals surface area contributed by atoms with Gasteiger partial charge in [-0.1, -0.05) is 196 Å². The van der Waals surface area contributed by atoms with E-state index in [0.29, 0.717) is 11.3 Å². The maximum Gasteiger partial charge on any atom is 0.268 e. The maximum atomic E-state index is 10.2. The normalized spacial score (nSPS) is 15.8. The molecule has 368 valence electrons. The molecule has 0 N–H and O–H groups in total. The summed E-state index contributed by atoms with van der Waals surface area (Å²) in [6, 6.07) is 17.2. The summed E-state index contributed by atoms with van der Waals surface area (Å²) < 4.78 is 219. The van der Waals surface area contributed by atoms with Crippen molar-refractivity contribution < 1.29 is 61.9 Å². The van der Waals surface area contributed by atoms with Crippen molar-refractivity contribution in [2.24, 2.45) is 0 Å². The molecule has 0 atom stereocenters. The second-order valence-corrected chi connectivity index (χ2v) is 18.3. The van der Waals surface area contributed by atoms with Gasteiger partial charge in [-0.3, -0.25) is 4.57 Å². The molecule has 13 rings (SSSR count). The molecule has 76 heavy (non-hydrogen) atoms. The second-order valence-electron chi connectivity index (χ2n) is 18.3. The molecule has 0 bridgehead atoms. The van der Waals surface area contributed by atoms with Crippen LogP contribution in [-0.2, 0) is 26.5 Å². The summed E-state index contributed by atoms with van der Waals surface area (Å²) >= 11 is 0. The van der Waals surface area contributed by atoms with E-state index >= 15 is 0 Å². The minimum atomic E-state index is -0.944. The summed E-state index contributed by atoms with van der Waals surface area (Å²) in [6.07, 6.45) is 5.07. The third-order valence-corrected chi connectivity index (χ3v) is 12.6. The summed E-state index contributed by atoms with van der Waals surface area (Å²) in [6.45, 7) is 6.33. The van der Waals surface area contributed by atoms with Crippen molar-refractivity contribution in [3.8, 4) is 84.3 Å². The first kappa shape index (κ1) is 28.7. The third-order valence-electron chi connectivity index (χ3n) is 12.6. The second kappa shape index (κ2) is 20.1. The van der Waals surface area contributed by atoms with Gasteiger partial charge in [-0.15, -0.1) is 29.7 Å². The summed E-state index contributed by atoms with van der Waals surface area (Å²) in [5, 5.41) is 1.78. The van der Waals surface area contributed by atoms with Crippen LogP contribution in [0.3, 0.4) is 0 Å². The smallest absolute Gasteiger partial charge is 0.268 e. The number of hydrogen-bond acceptors (Lipinski definition) is 2. The summed E-state index contributed by atoms with van der Waals surface area (Å²) in [5.41, 5.74) is -2.17. The van der Waals surface area contributed by atoms with Crippen molar-refractivity contribution in [2.75, 3.05) is 0 Å². The minimum absolute atomic E-state index is 0. The molecule has 3 aromatic heterocycles. The first-order valence-electron chi connectivity index (χ1n) is 35.1. The van der Waals surface area contributed by atoms with Gasteiger partial charge in [0.15, 0.2) is 0 Å². The molecule has 0 spiro atoms. The molecule has 0 saturated heterocycles. The predicted molar refractivity (Wildman–Crippen MR) is 306 cm³/mol. The largest absolute Gasteiger partial charge is 0.510 e. The number of nitrogens with zero attached hydrogens (tertiary/aromatic N) is 4. The zero-order chi connectivity index (χ0) is 70.5. The Kier molecular flexibility index (Phi) is 7.58. The number of aromatic nitrogens is 4. The molecule has 0 unspecified atom stereocenters. The van der Waals surface area contributed by atoms with Crippen LogP contribution in [0.1, 0.15) is 57.9 Å². The van der Waals surface area contributed by atoms with Gasteiger partial charge in [-0.05, 0) is 120 Å². The Morgan fingerprint density at radius 2 is 1.11 bits per heavy atom. The Bertz CT molecular complexity index is 5460. The number of ether oxygens (including phenoxy) is 1. The standard InChI is InChI=1S/C70H50N4O.Pt/c1-70(2,3)56-38-39-71-68(44-56)74-64-33-17-16-30-62(64)63-36-35-59(46-66(63)74)75-58-29-18-28-57(45-58)72-47-73(65-37-34-52(43-67(65)72)48-20-8-4-9-21-48)69-60(51-26-14-7-15-27-51)31-19-32-61(69)55-41-53(49-22-10-5-11-23-49)40-54(42-55)50-24-12-6-13-25-50;/h4-44H,1-3H3;/q-2;/i4D,5D,6D,7D,8D,9D,10D,11D,12D,13D,14D,15D,20D,21D,22D,23D,24D,25D,26D,27D,40D,41D,42D;. The SMILES string of the molecule is [2H]c1c([2H])c([2H])c(-c2ccc3c(c2)n(-c2[c-]c(Oc4[c-]c5c(cc4)c4ccccc4n5-c4cc(C(C)(C)C)ccn4)ccc2)[c-][n+]3-c2c(-c3c([2H])c([2H])c([2H])c([2H])c3[2H])cccc2-c2c([2H])c(-c3c([2H])c([2H])c([2H])c([2H])c3[2H])c([2H])c(-c3c([2H])c([2H])c([2H])c([2H])c3[2H])c2[2H])c([2H])c1[2H].[Pt]. The Morgan fingerprint density at radius 3 is 1.78 bits per heavy atom. The Balaban J connectivity index is 0.00000931. The van der Waals surface area contributed by atoms with E-state index in [2.05, 4.69) is 39.2 Å². The molecule has 0 amide bonds. The van der Waals surface area contributed by atoms with E-state index in [1.54, 1.807) is 30.5 Å². The van der Waals surface area contributed by atoms with Crippen LogP contribution in [0, 0.1) is 18.5 Å². The number of imidazole rings is 1. The zero-order valence-electron chi connectivity index (χ0n) is 63.4. The van der Waals surface area contributed by atoms with Gasteiger partial charge in [0, 0.05) is 44.3 Å². The number of hydrogen-bond donors (Lipinski definition) is 0. The first-order chi connectivity index (χ1) is 46.4. The van der Waals surface area contributed by atoms with Gasteiger partial charge in [0.05, 0.1) is 48.2 Å². The third kappa shape index (κ3) is 9.03. The van der Waals surface area contributed by atoms with Crippen molar-refractivity contribution in [3.05, 3.63) is 272 Å². The topological polar surface area (TPSA) is 35.9 Å². The van der Waals surface area contributed by atoms with E-state index in [0.717, 1.165) is 21.9 Å². The maximum absolute atomic E-state index is 10.2. The van der Waals surface area contributed by atoms with E-state index in [-0.39, 0.29) is 82.6 Å². The Morgan fingerprint density at radius 1 is 0.513 bits per heavy atom. The molecule has 0 aliphatic rings. The van der Waals surface area contributed by atoms with Gasteiger partial charge in [-0.2, -0.15) is 18.2 Å². The quantitative estimate of drug-likeness (QED) is 0.101. The van der Waals surface area contributed by atoms with Crippen LogP contribution in [0.25, 0.3) is 106 Å². The summed E-state index contributed by atoms with van der Waals surface area (Å²) in [5.74, 6) is 1.01. The van der Waals surface area contributed by atoms with E-state index in [9.17, 15) is 6.85 Å². The van der Waals surface area contributed by atoms with Crippen LogP contribution in [0.4, 0.5) is 0 Å². The monoisotopic (exact) mass is 1180 g/mol. The molecule has 0 aliphatic heterocycles. The van der Waals surface area contributed by atoms with E-state index in [4.69, 9.17) is 34.4 Å². The van der Waals surface area contributed by atoms with Gasteiger partial charge >= 0.3 is 0 Å². The average Bonchev–Trinajstić information content (AvgIpc) is 1.71. The summed E-state index contributed by atoms with van der Waals surface area (Å²) in [4.78, 5) is 4.80. The van der Waals surface area contributed by atoms with Crippen molar-refractivity contribution in [1.29, 1.82) is 0 Å². The van der Waals surface area contributed by atoms with Crippen molar-refractivity contribution in [3.63, 3.8) is 0 Å². The summed E-state index contributed by atoms with van der Waals surface area (Å²) in [7, 11) is 0. The van der Waals surface area contributed by atoms with Crippen LogP contribution in [0.15, 0.2) is 248 Å². The van der Waals surface area contributed by atoms with E-state index in [1.165, 1.54) is 45.5 Å². The molecule has 0 saturated carbocycles. The van der Waals surface area contributed by atoms with E-state index < -0.39 is 172 Å². The van der Waals surface area contributed by atoms with Crippen LogP contribution in [0.2, 0.25) is 0 Å². The Hall–Kier alpha value is -8.89. The minimum Gasteiger partial charge on any atom is -0.510 e. The van der Waals surface area contributed by atoms with Gasteiger partial charge in [0.2, 0.25) is 0 Å². The molecule has 13 aromatic rings. The van der Waals surface area contributed by atoms with Gasteiger partial charge in [-0.25, -0.2) is 4.98 Å². The van der Waals surface area contributed by atoms with Gasteiger partial charge in [0.1, 0.15) is 5.82 Å². The molecule has 0 radical (unpaired) electrons. The first-order valence-corrected chi connectivity index (χ1v) is 23.6. The molecule has 0 aliphatic carbocycles. The molecule has 6 heteroatoms. The fraction of sp³-hybridized carbons (Fsp3) is 0.0571. The fourth-order valence-corrected chi connectivity index (χ4v) is 9.10. The van der Waals surface area contributed by atoms with Crippen LogP contribution >= 0.6 is 0 Å². The zero-order valence-corrected chi connectivity index (χ0v) is 42.7. The van der Waals surface area contributed by atoms with Crippen LogP contribution in [0.5, 0.6) is 11.5 Å². The van der Waals surface area contributed by atoms with Gasteiger partial charge < -0.3 is 13.9 Å². The molecule has 3 heterocycles. The van der Waals surface area contributed by atoms with Crippen LogP contribution < -0.4 is 9.30 Å². The average molecular weight is 1180 g/mol. The number of pyridine rings is 1. The predicted octanol–water partition coefficient (Wildman–Crippen LogP) is 17.2. The number of fused-ring (bicyclic) bond motifs is 4. The Labute approximate surface area is 490 Å². The van der Waals surface area contributed by atoms with Gasteiger partial charge in [0.25, 0.3) is 6.33 Å². The number of para-hydroxylation sites is 2. The molecular weight excluding hydrogens is 1110 g/mol. The number of benzene rings is 10. The molecular formula is C70H50N4OPt-2. The molecule has 0 fully saturated rings. The van der Waals surface area contributed by atoms with Crippen molar-refractivity contribution >= 4 is 32.8 Å². The van der Waals surface area contributed by atoms with Crippen molar-refractivity contribution in [1.82, 2.24) is 14.1 Å².